The summed E-state index contributed by atoms with van der Waals surface area (Å²) in [5, 5.41) is 6.63. The molecule has 0 saturated heterocycles. The van der Waals surface area contributed by atoms with Crippen LogP contribution in [0.25, 0.3) is 0 Å². The van der Waals surface area contributed by atoms with Crippen LogP contribution in [0, 0.1) is 5.41 Å². The van der Waals surface area contributed by atoms with Gasteiger partial charge >= 0.3 is 6.18 Å². The van der Waals surface area contributed by atoms with Crippen molar-refractivity contribution in [1.29, 1.82) is 0 Å². The third kappa shape index (κ3) is 3.73. The minimum atomic E-state index is -4.37. The maximum atomic E-state index is 12.4. The van der Waals surface area contributed by atoms with Crippen LogP contribution < -0.4 is 5.32 Å². The van der Waals surface area contributed by atoms with Crippen molar-refractivity contribution in [1.82, 2.24) is 15.1 Å². The highest BCUT2D eigenvalue weighted by Gasteiger charge is 2.34. The summed E-state index contributed by atoms with van der Waals surface area (Å²) in [4.78, 5) is 0. The lowest BCUT2D eigenvalue weighted by Crippen LogP contribution is -2.41. The van der Waals surface area contributed by atoms with Crippen molar-refractivity contribution in [2.45, 2.75) is 39.5 Å². The minimum absolute atomic E-state index is 0.0426. The number of likely N-dealkylation sites (N-methyl/N-ethyl adjacent to an activating group) is 1. The zero-order chi connectivity index (χ0) is 13.3. The van der Waals surface area contributed by atoms with Gasteiger partial charge in [0.05, 0.1) is 6.54 Å². The van der Waals surface area contributed by atoms with E-state index in [2.05, 4.69) is 10.4 Å². The normalized spacial score (nSPS) is 15.0. The monoisotopic (exact) mass is 249 g/mol. The summed E-state index contributed by atoms with van der Waals surface area (Å²) in [6, 6.07) is 1.05. The van der Waals surface area contributed by atoms with E-state index in [0.29, 0.717) is 6.54 Å². The molecule has 1 aromatic rings. The fraction of sp³-hybridized carbons (Fsp3) is 0.727. The fourth-order valence-corrected chi connectivity index (χ4v) is 1.60. The van der Waals surface area contributed by atoms with Crippen molar-refractivity contribution < 1.29 is 13.2 Å². The maximum absolute atomic E-state index is 12.4. The number of hydrogen-bond acceptors (Lipinski definition) is 2. The summed E-state index contributed by atoms with van der Waals surface area (Å²) in [7, 11) is 1.80. The lowest BCUT2D eigenvalue weighted by atomic mass is 9.87. The zero-order valence-corrected chi connectivity index (χ0v) is 10.5. The molecule has 0 aliphatic carbocycles. The summed E-state index contributed by atoms with van der Waals surface area (Å²) in [6.45, 7) is 6.50. The first-order chi connectivity index (χ1) is 7.64. The molecule has 0 radical (unpaired) electrons. The standard InChI is InChI=1S/C11H18F3N3/c1-10(2,3)9(15-4)7-17-6-5-8(16-17)11(12,13)14/h5-6,9,15H,7H2,1-4H3. The van der Waals surface area contributed by atoms with Crippen molar-refractivity contribution in [2.24, 2.45) is 5.41 Å². The van der Waals surface area contributed by atoms with E-state index in [1.165, 1.54) is 10.9 Å². The van der Waals surface area contributed by atoms with Gasteiger partial charge in [-0.25, -0.2) is 0 Å². The number of aromatic nitrogens is 2. The first kappa shape index (κ1) is 14.0. The lowest BCUT2D eigenvalue weighted by molar-refractivity contribution is -0.141. The van der Waals surface area contributed by atoms with Crippen LogP contribution in [-0.4, -0.2) is 22.9 Å². The second-order valence-corrected chi connectivity index (χ2v) is 5.13. The Labute approximate surface area is 99.0 Å². The third-order valence-corrected chi connectivity index (χ3v) is 2.69. The van der Waals surface area contributed by atoms with Gasteiger partial charge in [-0.05, 0) is 18.5 Å². The molecule has 6 heteroatoms. The van der Waals surface area contributed by atoms with E-state index in [9.17, 15) is 13.2 Å². The first-order valence-electron chi connectivity index (χ1n) is 5.42. The quantitative estimate of drug-likeness (QED) is 0.892. The van der Waals surface area contributed by atoms with Crippen molar-refractivity contribution in [3.63, 3.8) is 0 Å². The van der Waals surface area contributed by atoms with Crippen LogP contribution >= 0.6 is 0 Å². The molecule has 1 aromatic heterocycles. The van der Waals surface area contributed by atoms with Crippen molar-refractivity contribution in [3.8, 4) is 0 Å². The third-order valence-electron chi connectivity index (χ3n) is 2.69. The lowest BCUT2D eigenvalue weighted by Gasteiger charge is -2.30. The van der Waals surface area contributed by atoms with Crippen LogP contribution in [0.3, 0.4) is 0 Å². The molecular weight excluding hydrogens is 231 g/mol. The molecule has 17 heavy (non-hydrogen) atoms. The van der Waals surface area contributed by atoms with Crippen LogP contribution in [0.1, 0.15) is 26.5 Å². The summed E-state index contributed by atoms with van der Waals surface area (Å²) in [6.07, 6.45) is -3.01. The van der Waals surface area contributed by atoms with E-state index in [-0.39, 0.29) is 11.5 Å². The van der Waals surface area contributed by atoms with Crippen LogP contribution in [0.2, 0.25) is 0 Å². The Kier molecular flexibility index (Phi) is 3.86. The van der Waals surface area contributed by atoms with Crippen LogP contribution in [0.5, 0.6) is 0 Å². The van der Waals surface area contributed by atoms with Crippen molar-refractivity contribution in [3.05, 3.63) is 18.0 Å². The number of hydrogen-bond donors (Lipinski definition) is 1. The molecule has 1 atom stereocenters. The molecule has 0 aromatic carbocycles. The number of halogens is 3. The zero-order valence-electron chi connectivity index (χ0n) is 10.5. The van der Waals surface area contributed by atoms with E-state index in [1.54, 1.807) is 7.05 Å². The smallest absolute Gasteiger partial charge is 0.315 e. The summed E-state index contributed by atoms with van der Waals surface area (Å²) in [5.74, 6) is 0. The van der Waals surface area contributed by atoms with E-state index in [4.69, 9.17) is 0 Å². The number of nitrogens with zero attached hydrogens (tertiary/aromatic N) is 2. The molecular formula is C11H18F3N3. The summed E-state index contributed by atoms with van der Waals surface area (Å²) >= 11 is 0. The van der Waals surface area contributed by atoms with E-state index in [1.807, 2.05) is 20.8 Å². The summed E-state index contributed by atoms with van der Waals surface area (Å²) in [5.41, 5.74) is -0.889. The van der Waals surface area contributed by atoms with Gasteiger partial charge in [0.2, 0.25) is 0 Å². The van der Waals surface area contributed by atoms with Gasteiger partial charge in [0.15, 0.2) is 5.69 Å². The predicted octanol–water partition coefficient (Wildman–Crippen LogP) is 2.54. The number of nitrogens with one attached hydrogen (secondary N) is 1. The molecule has 3 nitrogen and oxygen atoms in total. The molecule has 0 saturated carbocycles. The van der Waals surface area contributed by atoms with Gasteiger partial charge in [-0.15, -0.1) is 0 Å². The number of rotatable bonds is 3. The molecule has 0 spiro atoms. The van der Waals surface area contributed by atoms with Gasteiger partial charge in [-0.2, -0.15) is 18.3 Å². The molecule has 0 bridgehead atoms. The fourth-order valence-electron chi connectivity index (χ4n) is 1.60. The van der Waals surface area contributed by atoms with Crippen LogP contribution in [-0.2, 0) is 12.7 Å². The molecule has 0 aliphatic heterocycles. The highest BCUT2D eigenvalue weighted by Crippen LogP contribution is 2.27. The second kappa shape index (κ2) is 4.68. The molecule has 1 unspecified atom stereocenters. The molecule has 1 N–H and O–H groups in total. The maximum Gasteiger partial charge on any atom is 0.435 e. The molecule has 1 heterocycles. The van der Waals surface area contributed by atoms with Crippen LogP contribution in [0.4, 0.5) is 13.2 Å². The van der Waals surface area contributed by atoms with Gasteiger partial charge in [0, 0.05) is 12.2 Å². The van der Waals surface area contributed by atoms with Gasteiger partial charge in [0.25, 0.3) is 0 Å². The second-order valence-electron chi connectivity index (χ2n) is 5.13. The number of alkyl halides is 3. The largest absolute Gasteiger partial charge is 0.435 e. The minimum Gasteiger partial charge on any atom is -0.315 e. The van der Waals surface area contributed by atoms with E-state index in [0.717, 1.165) is 6.07 Å². The van der Waals surface area contributed by atoms with Crippen molar-refractivity contribution in [2.75, 3.05) is 7.05 Å². The Hall–Kier alpha value is -1.04. The Morgan fingerprint density at radius 2 is 1.94 bits per heavy atom. The van der Waals surface area contributed by atoms with Crippen molar-refractivity contribution >= 4 is 0 Å². The molecule has 0 amide bonds. The Morgan fingerprint density at radius 1 is 1.35 bits per heavy atom. The Bertz CT molecular complexity index is 363. The Morgan fingerprint density at radius 3 is 2.29 bits per heavy atom. The predicted molar refractivity (Wildman–Crippen MR) is 59.5 cm³/mol. The SMILES string of the molecule is CNC(Cn1ccc(C(F)(F)F)n1)C(C)(C)C. The highest BCUT2D eigenvalue weighted by atomic mass is 19.4. The molecule has 0 aliphatic rings. The molecule has 0 fully saturated rings. The van der Waals surface area contributed by atoms with Crippen LogP contribution in [0.15, 0.2) is 12.3 Å². The van der Waals surface area contributed by atoms with Gasteiger partial charge in [0.1, 0.15) is 0 Å². The van der Waals surface area contributed by atoms with E-state index >= 15 is 0 Å². The first-order valence-corrected chi connectivity index (χ1v) is 5.42. The van der Waals surface area contributed by atoms with Gasteiger partial charge < -0.3 is 5.32 Å². The Balaban J connectivity index is 2.79. The van der Waals surface area contributed by atoms with Gasteiger partial charge in [-0.1, -0.05) is 20.8 Å². The highest BCUT2D eigenvalue weighted by molar-refractivity contribution is 5.03. The average molecular weight is 249 g/mol. The molecule has 98 valence electrons. The average Bonchev–Trinajstić information content (AvgIpc) is 2.59. The summed E-state index contributed by atoms with van der Waals surface area (Å²) < 4.78 is 38.4. The van der Waals surface area contributed by atoms with Gasteiger partial charge in [-0.3, -0.25) is 4.68 Å². The van der Waals surface area contributed by atoms with E-state index < -0.39 is 11.9 Å². The molecule has 1 rings (SSSR count). The topological polar surface area (TPSA) is 29.9 Å².